The van der Waals surface area contributed by atoms with Gasteiger partial charge in [-0.05, 0) is 64.2 Å². The van der Waals surface area contributed by atoms with E-state index >= 15 is 0 Å². The van der Waals surface area contributed by atoms with Crippen LogP contribution in [0.3, 0.4) is 0 Å². The van der Waals surface area contributed by atoms with Crippen LogP contribution in [-0.4, -0.2) is 0 Å². The molecule has 4 aromatic carbocycles. The second kappa shape index (κ2) is 8.31. The molecule has 0 radical (unpaired) electrons. The second-order valence-electron chi connectivity index (χ2n) is 7.17. The monoisotopic (exact) mass is 366 g/mol. The molecular weight excluding hydrogens is 340 g/mol. The van der Waals surface area contributed by atoms with Gasteiger partial charge in [-0.15, -0.1) is 0 Å². The quantitative estimate of drug-likeness (QED) is 0.317. The highest BCUT2D eigenvalue weighted by Crippen LogP contribution is 2.30. The van der Waals surface area contributed by atoms with Crippen molar-refractivity contribution in [1.82, 2.24) is 0 Å². The van der Waals surface area contributed by atoms with Gasteiger partial charge in [-0.1, -0.05) is 80.1 Å². The highest BCUT2D eigenvalue weighted by molar-refractivity contribution is 6.02. The average molecular weight is 367 g/mol. The molecular formula is C27H26O. The van der Waals surface area contributed by atoms with Gasteiger partial charge in [0, 0.05) is 5.56 Å². The van der Waals surface area contributed by atoms with Crippen molar-refractivity contribution in [3.63, 3.8) is 0 Å². The number of benzene rings is 4. The Kier molecular flexibility index (Phi) is 5.43. The third-order valence-corrected chi connectivity index (χ3v) is 5.36. The summed E-state index contributed by atoms with van der Waals surface area (Å²) in [4.78, 5) is 0. The lowest BCUT2D eigenvalue weighted by molar-refractivity contribution is 0.309. The van der Waals surface area contributed by atoms with Crippen molar-refractivity contribution in [2.75, 3.05) is 0 Å². The molecule has 140 valence electrons. The molecule has 0 N–H and O–H groups in total. The van der Waals surface area contributed by atoms with Crippen molar-refractivity contribution >= 4 is 27.1 Å². The van der Waals surface area contributed by atoms with E-state index < -0.39 is 0 Å². The van der Waals surface area contributed by atoms with E-state index in [-0.39, 0.29) is 0 Å². The van der Waals surface area contributed by atoms with Gasteiger partial charge in [0.15, 0.2) is 0 Å². The van der Waals surface area contributed by atoms with Crippen LogP contribution in [0, 0.1) is 0 Å². The zero-order chi connectivity index (χ0) is 19.3. The summed E-state index contributed by atoms with van der Waals surface area (Å²) in [5, 5.41) is 5.04. The SMILES string of the molecule is C/C=C(\CCC)c1ccc(OCc2c3ccccc3cc3ccccc23)cc1. The molecule has 0 heterocycles. The minimum absolute atomic E-state index is 0.562. The molecule has 4 aromatic rings. The minimum Gasteiger partial charge on any atom is -0.489 e. The molecule has 0 aliphatic carbocycles. The minimum atomic E-state index is 0.562. The maximum Gasteiger partial charge on any atom is 0.119 e. The van der Waals surface area contributed by atoms with Crippen molar-refractivity contribution in [3.05, 3.63) is 96.1 Å². The van der Waals surface area contributed by atoms with Gasteiger partial charge in [-0.2, -0.15) is 0 Å². The molecule has 1 heteroatoms. The molecule has 4 rings (SSSR count). The van der Waals surface area contributed by atoms with Crippen LogP contribution in [0.25, 0.3) is 27.1 Å². The summed E-state index contributed by atoms with van der Waals surface area (Å²) in [5.41, 5.74) is 3.93. The molecule has 28 heavy (non-hydrogen) atoms. The zero-order valence-electron chi connectivity index (χ0n) is 16.6. The first kappa shape index (κ1) is 18.3. The predicted octanol–water partition coefficient (Wildman–Crippen LogP) is 7.78. The highest BCUT2D eigenvalue weighted by atomic mass is 16.5. The van der Waals surface area contributed by atoms with E-state index in [9.17, 15) is 0 Å². The molecule has 1 nitrogen and oxygen atoms in total. The Morgan fingerprint density at radius 1 is 0.821 bits per heavy atom. The van der Waals surface area contributed by atoms with Crippen molar-refractivity contribution in [2.45, 2.75) is 33.3 Å². The van der Waals surface area contributed by atoms with Gasteiger partial charge in [0.05, 0.1) is 0 Å². The first-order valence-corrected chi connectivity index (χ1v) is 10.1. The molecule has 0 fully saturated rings. The lowest BCUT2D eigenvalue weighted by atomic mass is 9.97. The van der Waals surface area contributed by atoms with E-state index in [0.29, 0.717) is 6.61 Å². The van der Waals surface area contributed by atoms with E-state index in [1.165, 1.54) is 38.2 Å². The van der Waals surface area contributed by atoms with Gasteiger partial charge in [0.2, 0.25) is 0 Å². The standard InChI is InChI=1S/C27H26O/c1-3-9-20(4-2)21-14-16-24(17-15-21)28-19-27-25-12-7-5-10-22(25)18-23-11-6-8-13-26(23)27/h4-8,10-18H,3,9,19H2,1-2H3/b20-4+. The molecule has 0 aromatic heterocycles. The van der Waals surface area contributed by atoms with Gasteiger partial charge in [-0.25, -0.2) is 0 Å². The Bertz CT molecular complexity index is 1070. The predicted molar refractivity (Wildman–Crippen MR) is 121 cm³/mol. The summed E-state index contributed by atoms with van der Waals surface area (Å²) in [5.74, 6) is 0.910. The molecule has 0 amide bonds. The lowest BCUT2D eigenvalue weighted by Crippen LogP contribution is -1.98. The third-order valence-electron chi connectivity index (χ3n) is 5.36. The Morgan fingerprint density at radius 3 is 2.00 bits per heavy atom. The van der Waals surface area contributed by atoms with E-state index in [0.717, 1.165) is 18.6 Å². The number of rotatable bonds is 6. The van der Waals surface area contributed by atoms with Crippen LogP contribution in [0.4, 0.5) is 0 Å². The number of hydrogen-bond acceptors (Lipinski definition) is 1. The Hall–Kier alpha value is -3.06. The number of hydrogen-bond donors (Lipinski definition) is 0. The Balaban J connectivity index is 1.63. The van der Waals surface area contributed by atoms with E-state index in [1.54, 1.807) is 0 Å². The summed E-state index contributed by atoms with van der Waals surface area (Å²) in [7, 11) is 0. The summed E-state index contributed by atoms with van der Waals surface area (Å²) in [6, 6.07) is 27.9. The molecule has 0 unspecified atom stereocenters. The maximum atomic E-state index is 6.22. The van der Waals surface area contributed by atoms with E-state index in [1.807, 2.05) is 0 Å². The van der Waals surface area contributed by atoms with Crippen LogP contribution >= 0.6 is 0 Å². The first-order valence-electron chi connectivity index (χ1n) is 10.1. The van der Waals surface area contributed by atoms with Crippen LogP contribution in [0.5, 0.6) is 5.75 Å². The lowest BCUT2D eigenvalue weighted by Gasteiger charge is -2.13. The van der Waals surface area contributed by atoms with Crippen LogP contribution < -0.4 is 4.74 Å². The van der Waals surface area contributed by atoms with Gasteiger partial charge < -0.3 is 4.74 Å². The molecule has 0 aliphatic rings. The first-order chi connectivity index (χ1) is 13.8. The van der Waals surface area contributed by atoms with Crippen LogP contribution in [-0.2, 0) is 6.61 Å². The largest absolute Gasteiger partial charge is 0.489 e. The fraction of sp³-hybridized carbons (Fsp3) is 0.185. The molecule has 0 bridgehead atoms. The number of ether oxygens (including phenoxy) is 1. The normalized spacial score (nSPS) is 11.9. The Morgan fingerprint density at radius 2 is 1.43 bits per heavy atom. The topological polar surface area (TPSA) is 9.23 Å². The van der Waals surface area contributed by atoms with Gasteiger partial charge in [-0.3, -0.25) is 0 Å². The Labute approximate surface area is 167 Å². The summed E-state index contributed by atoms with van der Waals surface area (Å²) in [6.07, 6.45) is 4.48. The molecule has 0 spiro atoms. The van der Waals surface area contributed by atoms with Gasteiger partial charge in [0.1, 0.15) is 12.4 Å². The summed E-state index contributed by atoms with van der Waals surface area (Å²) < 4.78 is 6.22. The maximum absolute atomic E-state index is 6.22. The molecule has 0 saturated carbocycles. The summed E-state index contributed by atoms with van der Waals surface area (Å²) in [6.45, 7) is 4.89. The van der Waals surface area contributed by atoms with Crippen LogP contribution in [0.15, 0.2) is 84.9 Å². The van der Waals surface area contributed by atoms with E-state index in [2.05, 4.69) is 98.8 Å². The van der Waals surface area contributed by atoms with Crippen LogP contribution in [0.1, 0.15) is 37.8 Å². The van der Waals surface area contributed by atoms with Gasteiger partial charge in [0.25, 0.3) is 0 Å². The van der Waals surface area contributed by atoms with Gasteiger partial charge >= 0.3 is 0 Å². The summed E-state index contributed by atoms with van der Waals surface area (Å²) >= 11 is 0. The average Bonchev–Trinajstić information content (AvgIpc) is 2.75. The fourth-order valence-corrected chi connectivity index (χ4v) is 3.91. The zero-order valence-corrected chi connectivity index (χ0v) is 16.6. The number of allylic oxidation sites excluding steroid dienone is 2. The van der Waals surface area contributed by atoms with Crippen molar-refractivity contribution < 1.29 is 4.74 Å². The third kappa shape index (κ3) is 3.66. The second-order valence-corrected chi connectivity index (χ2v) is 7.17. The highest BCUT2D eigenvalue weighted by Gasteiger charge is 2.08. The van der Waals surface area contributed by atoms with Crippen LogP contribution in [0.2, 0.25) is 0 Å². The molecule has 0 saturated heterocycles. The fourth-order valence-electron chi connectivity index (χ4n) is 3.91. The van der Waals surface area contributed by atoms with Crippen molar-refractivity contribution in [1.29, 1.82) is 0 Å². The molecule has 0 aliphatic heterocycles. The molecule has 0 atom stereocenters. The van der Waals surface area contributed by atoms with Crippen molar-refractivity contribution in [2.24, 2.45) is 0 Å². The van der Waals surface area contributed by atoms with Crippen molar-refractivity contribution in [3.8, 4) is 5.75 Å². The smallest absolute Gasteiger partial charge is 0.119 e. The number of fused-ring (bicyclic) bond motifs is 2. The van der Waals surface area contributed by atoms with E-state index in [4.69, 9.17) is 4.74 Å².